The molecule has 0 spiro atoms. The molecule has 0 unspecified atom stereocenters. The van der Waals surface area contributed by atoms with Crippen molar-refractivity contribution in [2.75, 3.05) is 6.61 Å². The lowest BCUT2D eigenvalue weighted by molar-refractivity contribution is -0.200. The van der Waals surface area contributed by atoms with E-state index in [0.29, 0.717) is 29.2 Å². The summed E-state index contributed by atoms with van der Waals surface area (Å²) in [7, 11) is 0. The minimum atomic E-state index is -0.986. The lowest BCUT2D eigenvalue weighted by Gasteiger charge is -2.58. The topological polar surface area (TPSA) is 106 Å². The minimum absolute atomic E-state index is 0.0498. The van der Waals surface area contributed by atoms with Gasteiger partial charge in [-0.1, -0.05) is 30.5 Å². The average Bonchev–Trinajstić information content (AvgIpc) is 3.29. The molecule has 35 heavy (non-hydrogen) atoms. The highest BCUT2D eigenvalue weighted by atomic mass is 16.7. The number of aliphatic hydroxyl groups is 1. The van der Waals surface area contributed by atoms with Gasteiger partial charge in [0, 0.05) is 18.3 Å². The molecule has 188 valence electrons. The van der Waals surface area contributed by atoms with Gasteiger partial charge in [0.15, 0.2) is 0 Å². The van der Waals surface area contributed by atoms with Gasteiger partial charge in [-0.2, -0.15) is 0 Å². The first-order chi connectivity index (χ1) is 16.6. The average molecular weight is 483 g/mol. The van der Waals surface area contributed by atoms with Gasteiger partial charge in [0.05, 0.1) is 5.71 Å². The van der Waals surface area contributed by atoms with Crippen LogP contribution in [-0.4, -0.2) is 45.9 Å². The fourth-order valence-electron chi connectivity index (χ4n) is 7.85. The summed E-state index contributed by atoms with van der Waals surface area (Å²) >= 11 is 0. The monoisotopic (exact) mass is 482 g/mol. The molecule has 8 heteroatoms. The van der Waals surface area contributed by atoms with E-state index in [1.165, 1.54) is 5.57 Å². The van der Waals surface area contributed by atoms with Gasteiger partial charge >= 0.3 is 5.97 Å². The van der Waals surface area contributed by atoms with Crippen LogP contribution in [0.2, 0.25) is 0 Å². The number of terminal acetylenes is 1. The number of oxime groups is 1. The van der Waals surface area contributed by atoms with Crippen LogP contribution in [0, 0.1) is 40.9 Å². The van der Waals surface area contributed by atoms with Gasteiger partial charge in [0.25, 0.3) is 11.8 Å². The molecule has 1 aliphatic heterocycles. The molecule has 0 bridgehead atoms. The van der Waals surface area contributed by atoms with Crippen molar-refractivity contribution < 1.29 is 29.2 Å². The zero-order valence-electron chi connectivity index (χ0n) is 20.5. The molecule has 1 saturated heterocycles. The smallest absolute Gasteiger partial charge is 0.373 e. The number of nitrogens with zero attached hydrogens (tertiary/aromatic N) is 2. The zero-order valence-corrected chi connectivity index (χ0v) is 20.5. The van der Waals surface area contributed by atoms with Crippen molar-refractivity contribution in [2.45, 2.75) is 83.7 Å². The van der Waals surface area contributed by atoms with E-state index < -0.39 is 30.0 Å². The number of carbonyl (C=O) groups excluding carboxylic acids is 3. The van der Waals surface area contributed by atoms with Crippen molar-refractivity contribution in [2.24, 2.45) is 33.7 Å². The molecule has 5 rings (SSSR count). The Hall–Kier alpha value is -2.66. The van der Waals surface area contributed by atoms with Crippen LogP contribution in [0.15, 0.2) is 16.8 Å². The second-order valence-electron chi connectivity index (χ2n) is 11.4. The standard InChI is InChI=1S/C27H34N2O6/c1-4-27(33)14-11-21-19-6-5-17-15-18(9-12-25(17,2)20(19)10-13-26(21,27)3)28-34-16-24(32)35-29-22(30)7-8-23(29)31/h1,15,19-21,33H,5-14,16H2,2-3H3/b28-18-/t19-,20-,21-,25+,26+,27-/m1/s1. The summed E-state index contributed by atoms with van der Waals surface area (Å²) < 4.78 is 0. The molecule has 1 N–H and O–H groups in total. The van der Waals surface area contributed by atoms with E-state index in [-0.39, 0.29) is 23.7 Å². The Labute approximate surface area is 206 Å². The third-order valence-corrected chi connectivity index (χ3v) is 9.93. The quantitative estimate of drug-likeness (QED) is 0.375. The maximum absolute atomic E-state index is 11.9. The first kappa shape index (κ1) is 24.1. The predicted octanol–water partition coefficient (Wildman–Crippen LogP) is 3.29. The largest absolute Gasteiger partial charge is 0.383 e. The number of amides is 2. The van der Waals surface area contributed by atoms with Crippen molar-refractivity contribution >= 4 is 23.5 Å². The van der Waals surface area contributed by atoms with Gasteiger partial charge in [-0.05, 0) is 80.6 Å². The van der Waals surface area contributed by atoms with E-state index in [1.54, 1.807) is 0 Å². The molecular formula is C27H34N2O6. The summed E-state index contributed by atoms with van der Waals surface area (Å²) in [6, 6.07) is 0. The molecule has 2 amide bonds. The van der Waals surface area contributed by atoms with Crippen LogP contribution in [0.5, 0.6) is 0 Å². The first-order valence-electron chi connectivity index (χ1n) is 12.8. The number of hydrogen-bond acceptors (Lipinski definition) is 7. The van der Waals surface area contributed by atoms with E-state index in [1.807, 2.05) is 0 Å². The number of allylic oxidation sites excluding steroid dienone is 2. The number of rotatable bonds is 4. The second-order valence-corrected chi connectivity index (χ2v) is 11.4. The van der Waals surface area contributed by atoms with Crippen LogP contribution in [0.3, 0.4) is 0 Å². The lowest BCUT2D eigenvalue weighted by Crippen LogP contribution is -2.54. The molecule has 4 fully saturated rings. The molecule has 0 aromatic rings. The van der Waals surface area contributed by atoms with Crippen LogP contribution >= 0.6 is 0 Å². The predicted molar refractivity (Wildman–Crippen MR) is 126 cm³/mol. The Kier molecular flexibility index (Phi) is 5.83. The Bertz CT molecular complexity index is 1040. The van der Waals surface area contributed by atoms with Crippen molar-refractivity contribution in [1.29, 1.82) is 0 Å². The molecule has 8 nitrogen and oxygen atoms in total. The lowest BCUT2D eigenvalue weighted by atomic mass is 9.46. The van der Waals surface area contributed by atoms with Gasteiger partial charge in [0.1, 0.15) is 5.60 Å². The van der Waals surface area contributed by atoms with E-state index >= 15 is 0 Å². The highest BCUT2D eigenvalue weighted by molar-refractivity contribution is 6.01. The van der Waals surface area contributed by atoms with Crippen molar-refractivity contribution in [1.82, 2.24) is 5.06 Å². The molecule has 0 aromatic heterocycles. The van der Waals surface area contributed by atoms with Gasteiger partial charge in [-0.3, -0.25) is 9.59 Å². The maximum atomic E-state index is 11.9. The summed E-state index contributed by atoms with van der Waals surface area (Å²) in [4.78, 5) is 45.1. The second kappa shape index (κ2) is 8.48. The SMILES string of the molecule is C#C[C@@]1(O)CC[C@@H]2[C@@H]3CCC4=C/C(=N\OCC(=O)ON5C(=O)CCC5=O)CC[C@]4(C)[C@@H]3CC[C@@]21C. The molecule has 4 aliphatic carbocycles. The number of fused-ring (bicyclic) bond motifs is 5. The number of imide groups is 1. The van der Waals surface area contributed by atoms with Crippen LogP contribution < -0.4 is 0 Å². The van der Waals surface area contributed by atoms with E-state index in [2.05, 4.69) is 31.0 Å². The number of carbonyl (C=O) groups is 3. The van der Waals surface area contributed by atoms with Crippen molar-refractivity contribution in [3.63, 3.8) is 0 Å². The third-order valence-electron chi connectivity index (χ3n) is 9.93. The van der Waals surface area contributed by atoms with Crippen LogP contribution in [0.1, 0.15) is 78.1 Å². The molecule has 1 heterocycles. The highest BCUT2D eigenvalue weighted by Gasteiger charge is 2.63. The Morgan fingerprint density at radius 3 is 2.54 bits per heavy atom. The Balaban J connectivity index is 1.23. The Morgan fingerprint density at radius 1 is 1.11 bits per heavy atom. The fourth-order valence-corrected chi connectivity index (χ4v) is 7.85. The normalized spacial score (nSPS) is 41.5. The maximum Gasteiger partial charge on any atom is 0.373 e. The van der Waals surface area contributed by atoms with Crippen LogP contribution in [0.25, 0.3) is 0 Å². The van der Waals surface area contributed by atoms with E-state index in [4.69, 9.17) is 16.1 Å². The summed E-state index contributed by atoms with van der Waals surface area (Å²) in [5.41, 5.74) is 1.08. The van der Waals surface area contributed by atoms with E-state index in [9.17, 15) is 19.5 Å². The van der Waals surface area contributed by atoms with E-state index in [0.717, 1.165) is 50.7 Å². The number of hydrogen-bond donors (Lipinski definition) is 1. The molecular weight excluding hydrogens is 448 g/mol. The van der Waals surface area contributed by atoms with Gasteiger partial charge in [-0.25, -0.2) is 4.79 Å². The zero-order chi connectivity index (χ0) is 25.0. The molecule has 0 aromatic carbocycles. The highest BCUT2D eigenvalue weighted by Crippen LogP contribution is 2.67. The van der Waals surface area contributed by atoms with Crippen LogP contribution in [0.4, 0.5) is 0 Å². The van der Waals surface area contributed by atoms with Crippen molar-refractivity contribution in [3.8, 4) is 12.3 Å². The molecule has 5 aliphatic rings. The summed E-state index contributed by atoms with van der Waals surface area (Å²) in [5, 5.41) is 15.8. The van der Waals surface area contributed by atoms with Gasteiger partial charge in [0.2, 0.25) is 6.61 Å². The summed E-state index contributed by atoms with van der Waals surface area (Å²) in [6.45, 7) is 4.11. The summed E-state index contributed by atoms with van der Waals surface area (Å²) in [6.07, 6.45) is 15.5. The number of hydroxylamine groups is 2. The molecule has 0 radical (unpaired) electrons. The molecule has 6 atom stereocenters. The van der Waals surface area contributed by atoms with Crippen LogP contribution in [-0.2, 0) is 24.1 Å². The Morgan fingerprint density at radius 2 is 1.83 bits per heavy atom. The van der Waals surface area contributed by atoms with Crippen molar-refractivity contribution in [3.05, 3.63) is 11.6 Å². The van der Waals surface area contributed by atoms with Gasteiger partial charge in [-0.15, -0.1) is 11.5 Å². The van der Waals surface area contributed by atoms with Gasteiger partial charge < -0.3 is 14.8 Å². The minimum Gasteiger partial charge on any atom is -0.383 e. The fraction of sp³-hybridized carbons (Fsp3) is 0.704. The summed E-state index contributed by atoms with van der Waals surface area (Å²) in [5.74, 6) is 2.46. The third kappa shape index (κ3) is 3.70. The first-order valence-corrected chi connectivity index (χ1v) is 12.8. The molecule has 3 saturated carbocycles.